The van der Waals surface area contributed by atoms with Crippen LogP contribution in [0.25, 0.3) is 0 Å². The maximum atomic E-state index is 11.4. The van der Waals surface area contributed by atoms with E-state index in [1.165, 1.54) is 0 Å². The van der Waals surface area contributed by atoms with Crippen LogP contribution in [0, 0.1) is 5.41 Å². The molecule has 3 heteroatoms. The Morgan fingerprint density at radius 1 is 1.50 bits per heavy atom. The van der Waals surface area contributed by atoms with Crippen LogP contribution in [0.3, 0.4) is 0 Å². The molecular weight excluding hydrogens is 176 g/mol. The molecule has 1 atom stereocenters. The molecule has 0 aliphatic rings. The summed E-state index contributed by atoms with van der Waals surface area (Å²) in [6.45, 7) is 13.2. The van der Waals surface area contributed by atoms with E-state index in [-0.39, 0.29) is 17.4 Å². The Kier molecular flexibility index (Phi) is 5.46. The molecule has 0 aromatic carbocycles. The zero-order chi connectivity index (χ0) is 11.2. The van der Waals surface area contributed by atoms with Crippen molar-refractivity contribution in [3.8, 4) is 0 Å². The first-order valence-corrected chi connectivity index (χ1v) is 4.99. The summed E-state index contributed by atoms with van der Waals surface area (Å²) in [4.78, 5) is 11.4. The van der Waals surface area contributed by atoms with Crippen molar-refractivity contribution >= 4 is 5.91 Å². The first kappa shape index (κ1) is 13.2. The highest BCUT2D eigenvalue weighted by Crippen LogP contribution is 2.10. The van der Waals surface area contributed by atoms with Crippen LogP contribution in [-0.4, -0.2) is 25.0 Å². The van der Waals surface area contributed by atoms with E-state index in [0.29, 0.717) is 6.54 Å². The van der Waals surface area contributed by atoms with E-state index in [4.69, 9.17) is 0 Å². The van der Waals surface area contributed by atoms with Crippen LogP contribution in [0.5, 0.6) is 0 Å². The van der Waals surface area contributed by atoms with Crippen molar-refractivity contribution in [2.45, 2.75) is 33.7 Å². The third kappa shape index (κ3) is 6.66. The van der Waals surface area contributed by atoms with Gasteiger partial charge in [-0.05, 0) is 12.3 Å². The number of nitrogens with one attached hydrogen (secondary N) is 2. The number of hydrogen-bond acceptors (Lipinski definition) is 2. The normalized spacial score (nSPS) is 13.4. The molecule has 0 radical (unpaired) electrons. The number of hydrogen-bond donors (Lipinski definition) is 2. The average Bonchev–Trinajstić information content (AvgIpc) is 2.09. The molecule has 2 N–H and O–H groups in total. The Morgan fingerprint density at radius 2 is 2.07 bits per heavy atom. The minimum atomic E-state index is -0.144. The van der Waals surface area contributed by atoms with Crippen LogP contribution in [0.4, 0.5) is 0 Å². The topological polar surface area (TPSA) is 41.1 Å². The zero-order valence-electron chi connectivity index (χ0n) is 9.68. The van der Waals surface area contributed by atoms with Gasteiger partial charge in [-0.1, -0.05) is 26.8 Å². The SMILES string of the molecule is C=CCNC(=O)C(C)NCC(C)(C)C. The Hall–Kier alpha value is -0.830. The van der Waals surface area contributed by atoms with Crippen molar-refractivity contribution in [2.75, 3.05) is 13.1 Å². The van der Waals surface area contributed by atoms with Gasteiger partial charge in [0.05, 0.1) is 6.04 Å². The zero-order valence-corrected chi connectivity index (χ0v) is 9.68. The van der Waals surface area contributed by atoms with Crippen molar-refractivity contribution in [3.05, 3.63) is 12.7 Å². The molecule has 0 aliphatic heterocycles. The van der Waals surface area contributed by atoms with E-state index in [0.717, 1.165) is 6.54 Å². The van der Waals surface area contributed by atoms with Crippen molar-refractivity contribution in [1.29, 1.82) is 0 Å². The van der Waals surface area contributed by atoms with E-state index < -0.39 is 0 Å². The van der Waals surface area contributed by atoms with Gasteiger partial charge in [0.25, 0.3) is 0 Å². The predicted molar refractivity (Wildman–Crippen MR) is 60.1 cm³/mol. The minimum absolute atomic E-state index is 0.0224. The van der Waals surface area contributed by atoms with Crippen molar-refractivity contribution in [2.24, 2.45) is 5.41 Å². The first-order chi connectivity index (χ1) is 6.37. The van der Waals surface area contributed by atoms with E-state index in [9.17, 15) is 4.79 Å². The molecular formula is C11H22N2O. The quantitative estimate of drug-likeness (QED) is 0.654. The summed E-state index contributed by atoms with van der Waals surface area (Å²) in [5.74, 6) is 0.0224. The highest BCUT2D eigenvalue weighted by Gasteiger charge is 2.15. The van der Waals surface area contributed by atoms with Crippen molar-refractivity contribution in [3.63, 3.8) is 0 Å². The summed E-state index contributed by atoms with van der Waals surface area (Å²) >= 11 is 0. The van der Waals surface area contributed by atoms with Gasteiger partial charge in [0.15, 0.2) is 0 Å². The highest BCUT2D eigenvalue weighted by molar-refractivity contribution is 5.81. The molecule has 0 saturated heterocycles. The second-order valence-corrected chi connectivity index (χ2v) is 4.70. The maximum Gasteiger partial charge on any atom is 0.237 e. The molecule has 0 bridgehead atoms. The van der Waals surface area contributed by atoms with E-state index in [2.05, 4.69) is 38.0 Å². The lowest BCUT2D eigenvalue weighted by atomic mass is 9.96. The standard InChI is InChI=1S/C11H22N2O/c1-6-7-12-10(14)9(2)13-8-11(3,4)5/h6,9,13H,1,7-8H2,2-5H3,(H,12,14). The lowest BCUT2D eigenvalue weighted by molar-refractivity contribution is -0.122. The van der Waals surface area contributed by atoms with E-state index >= 15 is 0 Å². The maximum absolute atomic E-state index is 11.4. The smallest absolute Gasteiger partial charge is 0.237 e. The van der Waals surface area contributed by atoms with Crippen LogP contribution in [0.2, 0.25) is 0 Å². The Morgan fingerprint density at radius 3 is 2.50 bits per heavy atom. The van der Waals surface area contributed by atoms with Crippen molar-refractivity contribution < 1.29 is 4.79 Å². The van der Waals surface area contributed by atoms with Gasteiger partial charge in [-0.3, -0.25) is 4.79 Å². The van der Waals surface area contributed by atoms with Crippen molar-refractivity contribution in [1.82, 2.24) is 10.6 Å². The highest BCUT2D eigenvalue weighted by atomic mass is 16.2. The third-order valence-electron chi connectivity index (χ3n) is 1.75. The first-order valence-electron chi connectivity index (χ1n) is 4.99. The van der Waals surface area contributed by atoms with E-state index in [1.807, 2.05) is 6.92 Å². The molecule has 1 unspecified atom stereocenters. The molecule has 0 aromatic rings. The number of carbonyl (C=O) groups is 1. The molecule has 0 spiro atoms. The van der Waals surface area contributed by atoms with Crippen LogP contribution < -0.4 is 10.6 Å². The van der Waals surface area contributed by atoms with Gasteiger partial charge in [-0.15, -0.1) is 6.58 Å². The molecule has 0 rings (SSSR count). The summed E-state index contributed by atoms with van der Waals surface area (Å²) in [6.07, 6.45) is 1.67. The van der Waals surface area contributed by atoms with Gasteiger partial charge in [-0.2, -0.15) is 0 Å². The molecule has 0 aliphatic carbocycles. The molecule has 0 fully saturated rings. The summed E-state index contributed by atoms with van der Waals surface area (Å²) < 4.78 is 0. The minimum Gasteiger partial charge on any atom is -0.351 e. The van der Waals surface area contributed by atoms with Gasteiger partial charge in [0.1, 0.15) is 0 Å². The predicted octanol–water partition coefficient (Wildman–Crippen LogP) is 1.31. The molecule has 3 nitrogen and oxygen atoms in total. The van der Waals surface area contributed by atoms with Crippen LogP contribution in [-0.2, 0) is 4.79 Å². The fraction of sp³-hybridized carbons (Fsp3) is 0.727. The Balaban J connectivity index is 3.78. The number of amides is 1. The molecule has 14 heavy (non-hydrogen) atoms. The van der Waals surface area contributed by atoms with Gasteiger partial charge in [-0.25, -0.2) is 0 Å². The van der Waals surface area contributed by atoms with Gasteiger partial charge < -0.3 is 10.6 Å². The molecule has 1 amide bonds. The van der Waals surface area contributed by atoms with Crippen LogP contribution in [0.15, 0.2) is 12.7 Å². The monoisotopic (exact) mass is 198 g/mol. The molecule has 0 aromatic heterocycles. The third-order valence-corrected chi connectivity index (χ3v) is 1.75. The average molecular weight is 198 g/mol. The Labute approximate surface area is 87.0 Å². The second-order valence-electron chi connectivity index (χ2n) is 4.70. The van der Waals surface area contributed by atoms with Gasteiger partial charge >= 0.3 is 0 Å². The summed E-state index contributed by atoms with van der Waals surface area (Å²) in [7, 11) is 0. The fourth-order valence-electron chi connectivity index (χ4n) is 0.878. The molecule has 0 saturated carbocycles. The Bertz CT molecular complexity index is 194. The fourth-order valence-corrected chi connectivity index (χ4v) is 0.878. The number of rotatable bonds is 5. The number of carbonyl (C=O) groups excluding carboxylic acids is 1. The lowest BCUT2D eigenvalue weighted by Gasteiger charge is -2.22. The van der Waals surface area contributed by atoms with Gasteiger partial charge in [0, 0.05) is 13.1 Å². The summed E-state index contributed by atoms with van der Waals surface area (Å²) in [6, 6.07) is -0.144. The summed E-state index contributed by atoms with van der Waals surface area (Å²) in [5.41, 5.74) is 0.201. The van der Waals surface area contributed by atoms with Gasteiger partial charge in [0.2, 0.25) is 5.91 Å². The molecule has 0 heterocycles. The lowest BCUT2D eigenvalue weighted by Crippen LogP contribution is -2.44. The second kappa shape index (κ2) is 5.81. The van der Waals surface area contributed by atoms with E-state index in [1.54, 1.807) is 6.08 Å². The van der Waals surface area contributed by atoms with Crippen LogP contribution in [0.1, 0.15) is 27.7 Å². The largest absolute Gasteiger partial charge is 0.351 e. The van der Waals surface area contributed by atoms with Crippen LogP contribution >= 0.6 is 0 Å². The molecule has 82 valence electrons. The summed E-state index contributed by atoms with van der Waals surface area (Å²) in [5, 5.41) is 5.93.